The Labute approximate surface area is 183 Å². The molecule has 0 saturated heterocycles. The molecule has 0 unspecified atom stereocenters. The molecule has 0 saturated carbocycles. The van der Waals surface area contributed by atoms with Crippen LogP contribution in [-0.4, -0.2) is 22.6 Å². The molecular formula is C22H19ClFN3O2S. The lowest BCUT2D eigenvalue weighted by molar-refractivity contribution is -0.113. The third kappa shape index (κ3) is 6.30. The summed E-state index contributed by atoms with van der Waals surface area (Å²) < 4.78 is 13.8. The molecule has 0 fully saturated rings. The summed E-state index contributed by atoms with van der Waals surface area (Å²) in [5.74, 6) is -0.518. The molecule has 0 aliphatic rings. The predicted octanol–water partition coefficient (Wildman–Crippen LogP) is 4.68. The van der Waals surface area contributed by atoms with Crippen molar-refractivity contribution in [1.29, 1.82) is 0 Å². The van der Waals surface area contributed by atoms with Gasteiger partial charge >= 0.3 is 0 Å². The summed E-state index contributed by atoms with van der Waals surface area (Å²) >= 11 is 7.02. The van der Waals surface area contributed by atoms with Crippen molar-refractivity contribution >= 4 is 40.9 Å². The molecule has 2 amide bonds. The van der Waals surface area contributed by atoms with Crippen molar-refractivity contribution in [2.45, 2.75) is 12.3 Å². The van der Waals surface area contributed by atoms with Crippen molar-refractivity contribution in [1.82, 2.24) is 10.3 Å². The van der Waals surface area contributed by atoms with Crippen LogP contribution >= 0.6 is 23.4 Å². The second kappa shape index (κ2) is 10.8. The summed E-state index contributed by atoms with van der Waals surface area (Å²) in [5, 5.41) is 5.90. The minimum absolute atomic E-state index is 0.119. The van der Waals surface area contributed by atoms with Gasteiger partial charge in [-0.25, -0.2) is 4.39 Å². The fourth-order valence-electron chi connectivity index (χ4n) is 2.65. The number of carbonyl (C=O) groups excluding carboxylic acids is 2. The number of amides is 2. The van der Waals surface area contributed by atoms with Gasteiger partial charge in [0.2, 0.25) is 5.91 Å². The maximum atomic E-state index is 13.8. The molecule has 2 N–H and O–H groups in total. The van der Waals surface area contributed by atoms with E-state index in [0.29, 0.717) is 34.1 Å². The van der Waals surface area contributed by atoms with Crippen LogP contribution in [0.1, 0.15) is 21.5 Å². The van der Waals surface area contributed by atoms with E-state index < -0.39 is 5.82 Å². The van der Waals surface area contributed by atoms with E-state index >= 15 is 0 Å². The quantitative estimate of drug-likeness (QED) is 0.530. The number of aromatic nitrogens is 1. The van der Waals surface area contributed by atoms with E-state index in [4.69, 9.17) is 11.6 Å². The number of rotatable bonds is 8. The van der Waals surface area contributed by atoms with E-state index in [-0.39, 0.29) is 17.6 Å². The Morgan fingerprint density at radius 2 is 1.93 bits per heavy atom. The van der Waals surface area contributed by atoms with E-state index in [1.807, 2.05) is 6.07 Å². The summed E-state index contributed by atoms with van der Waals surface area (Å²) in [6, 6.07) is 14.9. The van der Waals surface area contributed by atoms with Gasteiger partial charge in [-0.05, 0) is 41.5 Å². The number of nitrogens with one attached hydrogen (secondary N) is 2. The lowest BCUT2D eigenvalue weighted by Gasteiger charge is -2.11. The molecule has 3 aromatic rings. The molecule has 0 aliphatic carbocycles. The van der Waals surface area contributed by atoms with Crippen molar-refractivity contribution in [2.24, 2.45) is 0 Å². The van der Waals surface area contributed by atoms with Gasteiger partial charge in [0.25, 0.3) is 5.91 Å². The van der Waals surface area contributed by atoms with Crippen LogP contribution in [0, 0.1) is 5.82 Å². The van der Waals surface area contributed by atoms with Gasteiger partial charge < -0.3 is 10.6 Å². The van der Waals surface area contributed by atoms with Crippen molar-refractivity contribution in [3.63, 3.8) is 0 Å². The highest BCUT2D eigenvalue weighted by Gasteiger charge is 2.13. The fraction of sp³-hybridized carbons (Fsp3) is 0.136. The molecule has 0 bridgehead atoms. The summed E-state index contributed by atoms with van der Waals surface area (Å²) in [5.41, 5.74) is 2.14. The molecule has 0 aliphatic heterocycles. The van der Waals surface area contributed by atoms with Crippen molar-refractivity contribution in [3.05, 3.63) is 94.5 Å². The average molecular weight is 444 g/mol. The molecule has 1 aromatic heterocycles. The molecule has 0 spiro atoms. The lowest BCUT2D eigenvalue weighted by Crippen LogP contribution is -2.25. The molecular weight excluding hydrogens is 425 g/mol. The van der Waals surface area contributed by atoms with Gasteiger partial charge in [0.15, 0.2) is 0 Å². The van der Waals surface area contributed by atoms with Gasteiger partial charge in [0.1, 0.15) is 5.82 Å². The number of carbonyl (C=O) groups is 2. The zero-order valence-electron chi connectivity index (χ0n) is 15.9. The van der Waals surface area contributed by atoms with E-state index in [1.165, 1.54) is 17.8 Å². The summed E-state index contributed by atoms with van der Waals surface area (Å²) in [4.78, 5) is 28.9. The van der Waals surface area contributed by atoms with Crippen LogP contribution < -0.4 is 10.6 Å². The van der Waals surface area contributed by atoms with Gasteiger partial charge in [-0.2, -0.15) is 0 Å². The van der Waals surface area contributed by atoms with Gasteiger partial charge in [-0.15, -0.1) is 11.8 Å². The van der Waals surface area contributed by atoms with E-state index in [2.05, 4.69) is 15.6 Å². The Morgan fingerprint density at radius 1 is 1.10 bits per heavy atom. The maximum Gasteiger partial charge on any atom is 0.253 e. The zero-order valence-corrected chi connectivity index (χ0v) is 17.5. The molecule has 2 aromatic carbocycles. The first-order chi connectivity index (χ1) is 14.5. The molecule has 8 heteroatoms. The van der Waals surface area contributed by atoms with Crippen LogP contribution in [-0.2, 0) is 17.1 Å². The maximum absolute atomic E-state index is 13.8. The average Bonchev–Trinajstić information content (AvgIpc) is 2.75. The molecule has 0 atom stereocenters. The number of hydrogen-bond acceptors (Lipinski definition) is 4. The smallest absolute Gasteiger partial charge is 0.253 e. The molecule has 0 radical (unpaired) electrons. The number of pyridine rings is 1. The second-order valence-corrected chi connectivity index (χ2v) is 7.79. The highest BCUT2D eigenvalue weighted by Crippen LogP contribution is 2.20. The van der Waals surface area contributed by atoms with Crippen LogP contribution in [0.4, 0.5) is 10.1 Å². The Morgan fingerprint density at radius 3 is 2.70 bits per heavy atom. The Kier molecular flexibility index (Phi) is 7.82. The molecule has 3 rings (SSSR count). The number of thioether (sulfide) groups is 1. The fourth-order valence-corrected chi connectivity index (χ4v) is 3.62. The third-order valence-electron chi connectivity index (χ3n) is 4.13. The number of anilines is 1. The molecule has 154 valence electrons. The predicted molar refractivity (Wildman–Crippen MR) is 118 cm³/mol. The lowest BCUT2D eigenvalue weighted by atomic mass is 10.1. The van der Waals surface area contributed by atoms with E-state index in [9.17, 15) is 14.0 Å². The van der Waals surface area contributed by atoms with Gasteiger partial charge in [0.05, 0.1) is 17.0 Å². The van der Waals surface area contributed by atoms with Crippen LogP contribution in [0.15, 0.2) is 67.0 Å². The minimum Gasteiger partial charge on any atom is -0.348 e. The number of benzene rings is 2. The van der Waals surface area contributed by atoms with Crippen molar-refractivity contribution in [2.75, 3.05) is 11.1 Å². The first kappa shape index (κ1) is 21.8. The molecule has 5 nitrogen and oxygen atoms in total. The Bertz CT molecular complexity index is 1030. The summed E-state index contributed by atoms with van der Waals surface area (Å²) in [7, 11) is 0. The van der Waals surface area contributed by atoms with Gasteiger partial charge in [-0.1, -0.05) is 35.9 Å². The van der Waals surface area contributed by atoms with E-state index in [1.54, 1.807) is 54.9 Å². The minimum atomic E-state index is -0.397. The third-order valence-corrected chi connectivity index (χ3v) is 5.34. The SMILES string of the molecule is O=C(CSCc1ccc(Cl)cc1F)Nc1ccccc1C(=O)NCc1cccnc1. The highest BCUT2D eigenvalue weighted by atomic mass is 35.5. The monoisotopic (exact) mass is 443 g/mol. The largest absolute Gasteiger partial charge is 0.348 e. The number of nitrogens with zero attached hydrogens (tertiary/aromatic N) is 1. The van der Waals surface area contributed by atoms with Crippen LogP contribution in [0.5, 0.6) is 0 Å². The summed E-state index contributed by atoms with van der Waals surface area (Å²) in [6.07, 6.45) is 3.34. The standard InChI is InChI=1S/C22H19ClFN3O2S/c23-17-8-7-16(19(24)10-17)13-30-14-21(28)27-20-6-2-1-5-18(20)22(29)26-12-15-4-3-9-25-11-15/h1-11H,12-14H2,(H,26,29)(H,27,28). The van der Waals surface area contributed by atoms with E-state index in [0.717, 1.165) is 5.56 Å². The topological polar surface area (TPSA) is 71.1 Å². The second-order valence-electron chi connectivity index (χ2n) is 6.37. The Balaban J connectivity index is 1.54. The van der Waals surface area contributed by atoms with Crippen LogP contribution in [0.3, 0.4) is 0 Å². The van der Waals surface area contributed by atoms with Crippen molar-refractivity contribution < 1.29 is 14.0 Å². The first-order valence-corrected chi connectivity index (χ1v) is 10.6. The molecule has 1 heterocycles. The first-order valence-electron chi connectivity index (χ1n) is 9.10. The highest BCUT2D eigenvalue weighted by molar-refractivity contribution is 7.99. The van der Waals surface area contributed by atoms with Crippen molar-refractivity contribution in [3.8, 4) is 0 Å². The van der Waals surface area contributed by atoms with Gasteiger partial charge in [-0.3, -0.25) is 14.6 Å². The zero-order chi connectivity index (χ0) is 21.3. The van der Waals surface area contributed by atoms with Gasteiger partial charge in [0, 0.05) is 29.7 Å². The Hall–Kier alpha value is -2.90. The number of hydrogen-bond donors (Lipinski definition) is 2. The normalized spacial score (nSPS) is 10.5. The van der Waals surface area contributed by atoms with Crippen LogP contribution in [0.2, 0.25) is 5.02 Å². The summed E-state index contributed by atoms with van der Waals surface area (Å²) in [6.45, 7) is 0.331. The molecule has 30 heavy (non-hydrogen) atoms. The van der Waals surface area contributed by atoms with Crippen LogP contribution in [0.25, 0.3) is 0 Å². The number of para-hydroxylation sites is 1. The number of halogens is 2.